The molecule has 2 aromatic rings. The van der Waals surface area contributed by atoms with Gasteiger partial charge in [0, 0.05) is 11.4 Å². The molecular formula is C19H19FN2O5. The summed E-state index contributed by atoms with van der Waals surface area (Å²) in [6.45, 7) is 1.62. The van der Waals surface area contributed by atoms with E-state index in [1.807, 2.05) is 0 Å². The fourth-order valence-electron chi connectivity index (χ4n) is 2.38. The van der Waals surface area contributed by atoms with Gasteiger partial charge in [0.2, 0.25) is 5.91 Å². The summed E-state index contributed by atoms with van der Waals surface area (Å²) in [5.41, 5.74) is 1.70. The largest absolute Gasteiger partial charge is 0.465 e. The van der Waals surface area contributed by atoms with Crippen LogP contribution in [0.25, 0.3) is 0 Å². The van der Waals surface area contributed by atoms with Gasteiger partial charge in [-0.25, -0.2) is 14.0 Å². The number of rotatable bonds is 6. The molecule has 27 heavy (non-hydrogen) atoms. The van der Waals surface area contributed by atoms with E-state index in [9.17, 15) is 18.8 Å². The number of benzene rings is 2. The lowest BCUT2D eigenvalue weighted by atomic mass is 10.1. The second kappa shape index (κ2) is 8.79. The lowest BCUT2D eigenvalue weighted by molar-refractivity contribution is -0.114. The first kappa shape index (κ1) is 19.9. The van der Waals surface area contributed by atoms with Crippen molar-refractivity contribution in [3.63, 3.8) is 0 Å². The minimum atomic E-state index is -0.656. The van der Waals surface area contributed by atoms with Crippen LogP contribution in [0.15, 0.2) is 36.4 Å². The standard InChI is InChI=1S/C19H19FN2O5/c1-11-6-14(20)4-5-16(11)21-10-17(23)22-15-8-12(18(24)26-2)7-13(9-15)19(25)27-3/h4-9,21H,10H2,1-3H3,(H,22,23). The first-order chi connectivity index (χ1) is 12.8. The van der Waals surface area contributed by atoms with E-state index >= 15 is 0 Å². The number of methoxy groups -OCH3 is 2. The van der Waals surface area contributed by atoms with E-state index in [0.29, 0.717) is 11.3 Å². The Labute approximate surface area is 155 Å². The second-order valence-electron chi connectivity index (χ2n) is 5.64. The van der Waals surface area contributed by atoms with Gasteiger partial charge in [-0.2, -0.15) is 0 Å². The SMILES string of the molecule is COC(=O)c1cc(NC(=O)CNc2ccc(F)cc2C)cc(C(=O)OC)c1. The number of aryl methyl sites for hydroxylation is 1. The molecule has 2 N–H and O–H groups in total. The van der Waals surface area contributed by atoms with Crippen molar-refractivity contribution < 1.29 is 28.2 Å². The molecule has 0 aliphatic heterocycles. The van der Waals surface area contributed by atoms with Gasteiger partial charge < -0.3 is 20.1 Å². The predicted molar refractivity (Wildman–Crippen MR) is 97.4 cm³/mol. The molecule has 0 bridgehead atoms. The molecule has 7 nitrogen and oxygen atoms in total. The Kier molecular flexibility index (Phi) is 6.48. The summed E-state index contributed by atoms with van der Waals surface area (Å²) in [6, 6.07) is 8.26. The molecule has 0 atom stereocenters. The maximum absolute atomic E-state index is 13.1. The molecule has 0 unspecified atom stereocenters. The van der Waals surface area contributed by atoms with Crippen LogP contribution in [0.5, 0.6) is 0 Å². The van der Waals surface area contributed by atoms with Gasteiger partial charge >= 0.3 is 11.9 Å². The lowest BCUT2D eigenvalue weighted by Crippen LogP contribution is -2.22. The number of amides is 1. The maximum atomic E-state index is 13.1. The topological polar surface area (TPSA) is 93.7 Å². The third-order valence-electron chi connectivity index (χ3n) is 3.69. The summed E-state index contributed by atoms with van der Waals surface area (Å²) in [5, 5.41) is 5.49. The van der Waals surface area contributed by atoms with E-state index in [4.69, 9.17) is 0 Å². The van der Waals surface area contributed by atoms with Gasteiger partial charge in [0.15, 0.2) is 0 Å². The molecule has 142 valence electrons. The molecular weight excluding hydrogens is 355 g/mol. The van der Waals surface area contributed by atoms with Crippen LogP contribution in [0.1, 0.15) is 26.3 Å². The monoisotopic (exact) mass is 374 g/mol. The number of anilines is 2. The molecule has 2 rings (SSSR count). The minimum Gasteiger partial charge on any atom is -0.465 e. The van der Waals surface area contributed by atoms with Crippen LogP contribution in [0.3, 0.4) is 0 Å². The smallest absolute Gasteiger partial charge is 0.337 e. The van der Waals surface area contributed by atoms with Gasteiger partial charge in [0.05, 0.1) is 31.9 Å². The average Bonchev–Trinajstić information content (AvgIpc) is 2.65. The minimum absolute atomic E-state index is 0.0948. The summed E-state index contributed by atoms with van der Waals surface area (Å²) >= 11 is 0. The molecule has 0 spiro atoms. The van der Waals surface area contributed by atoms with Gasteiger partial charge in [-0.15, -0.1) is 0 Å². The van der Waals surface area contributed by atoms with Crippen molar-refractivity contribution in [1.82, 2.24) is 0 Å². The van der Waals surface area contributed by atoms with Gasteiger partial charge in [0.1, 0.15) is 5.82 Å². The highest BCUT2D eigenvalue weighted by atomic mass is 19.1. The fraction of sp³-hybridized carbons (Fsp3) is 0.211. The second-order valence-corrected chi connectivity index (χ2v) is 5.64. The zero-order valence-electron chi connectivity index (χ0n) is 15.1. The van der Waals surface area contributed by atoms with E-state index in [1.165, 1.54) is 50.6 Å². The van der Waals surface area contributed by atoms with Gasteiger partial charge in [0.25, 0.3) is 0 Å². The number of ether oxygens (including phenoxy) is 2. The summed E-state index contributed by atoms with van der Waals surface area (Å²) in [6.07, 6.45) is 0. The third-order valence-corrected chi connectivity index (χ3v) is 3.69. The Hall–Kier alpha value is -3.42. The number of hydrogen-bond acceptors (Lipinski definition) is 6. The number of carbonyl (C=O) groups excluding carboxylic acids is 3. The summed E-state index contributed by atoms with van der Waals surface area (Å²) in [4.78, 5) is 35.7. The highest BCUT2D eigenvalue weighted by Crippen LogP contribution is 2.18. The molecule has 8 heteroatoms. The van der Waals surface area contributed by atoms with Crippen molar-refractivity contribution in [2.45, 2.75) is 6.92 Å². The van der Waals surface area contributed by atoms with Crippen molar-refractivity contribution in [3.8, 4) is 0 Å². The number of esters is 2. The molecule has 1 amide bonds. The van der Waals surface area contributed by atoms with Crippen LogP contribution in [0.2, 0.25) is 0 Å². The molecule has 0 radical (unpaired) electrons. The van der Waals surface area contributed by atoms with Crippen LogP contribution in [-0.2, 0) is 14.3 Å². The summed E-state index contributed by atoms with van der Waals surface area (Å²) in [7, 11) is 2.42. The normalized spacial score (nSPS) is 10.1. The Morgan fingerprint density at radius 2 is 1.56 bits per heavy atom. The van der Waals surface area contributed by atoms with Crippen molar-refractivity contribution in [3.05, 3.63) is 58.9 Å². The van der Waals surface area contributed by atoms with Crippen LogP contribution in [0, 0.1) is 12.7 Å². The number of hydrogen-bond donors (Lipinski definition) is 2. The molecule has 0 saturated heterocycles. The fourth-order valence-corrected chi connectivity index (χ4v) is 2.38. The molecule has 0 aromatic heterocycles. The Morgan fingerprint density at radius 1 is 0.963 bits per heavy atom. The van der Waals surface area contributed by atoms with E-state index in [-0.39, 0.29) is 29.2 Å². The lowest BCUT2D eigenvalue weighted by Gasteiger charge is -2.12. The Balaban J connectivity index is 2.13. The van der Waals surface area contributed by atoms with Crippen LogP contribution >= 0.6 is 0 Å². The number of nitrogens with one attached hydrogen (secondary N) is 2. The number of halogens is 1. The Bertz CT molecular complexity index is 848. The van der Waals surface area contributed by atoms with Gasteiger partial charge in [-0.1, -0.05) is 0 Å². The van der Waals surface area contributed by atoms with Crippen LogP contribution < -0.4 is 10.6 Å². The van der Waals surface area contributed by atoms with Gasteiger partial charge in [-0.3, -0.25) is 4.79 Å². The summed E-state index contributed by atoms with van der Waals surface area (Å²) in [5.74, 6) is -2.10. The predicted octanol–water partition coefficient (Wildman–Crippen LogP) is 2.76. The average molecular weight is 374 g/mol. The van der Waals surface area contributed by atoms with Crippen molar-refractivity contribution in [1.29, 1.82) is 0 Å². The van der Waals surface area contributed by atoms with Crippen molar-refractivity contribution in [2.24, 2.45) is 0 Å². The van der Waals surface area contributed by atoms with E-state index in [2.05, 4.69) is 20.1 Å². The zero-order chi connectivity index (χ0) is 20.0. The van der Waals surface area contributed by atoms with E-state index < -0.39 is 17.8 Å². The van der Waals surface area contributed by atoms with E-state index in [1.54, 1.807) is 6.92 Å². The molecule has 0 aliphatic rings. The highest BCUT2D eigenvalue weighted by molar-refractivity contribution is 6.00. The number of carbonyl (C=O) groups is 3. The molecule has 2 aromatic carbocycles. The van der Waals surface area contributed by atoms with Crippen molar-refractivity contribution in [2.75, 3.05) is 31.4 Å². The van der Waals surface area contributed by atoms with E-state index in [0.717, 1.165) is 0 Å². The Morgan fingerprint density at radius 3 is 2.07 bits per heavy atom. The first-order valence-corrected chi connectivity index (χ1v) is 7.95. The van der Waals surface area contributed by atoms with Crippen molar-refractivity contribution >= 4 is 29.2 Å². The molecule has 0 saturated carbocycles. The molecule has 0 fully saturated rings. The van der Waals surface area contributed by atoms with Gasteiger partial charge in [-0.05, 0) is 48.9 Å². The first-order valence-electron chi connectivity index (χ1n) is 7.95. The highest BCUT2D eigenvalue weighted by Gasteiger charge is 2.15. The maximum Gasteiger partial charge on any atom is 0.337 e. The zero-order valence-corrected chi connectivity index (χ0v) is 15.1. The molecule has 0 heterocycles. The summed E-state index contributed by atoms with van der Waals surface area (Å²) < 4.78 is 22.4. The molecule has 0 aliphatic carbocycles. The van der Waals surface area contributed by atoms with Crippen LogP contribution in [-0.4, -0.2) is 38.6 Å². The van der Waals surface area contributed by atoms with Crippen LogP contribution in [0.4, 0.5) is 15.8 Å². The third kappa shape index (κ3) is 5.27. The quantitative estimate of drug-likeness (QED) is 0.755.